The van der Waals surface area contributed by atoms with Gasteiger partial charge < -0.3 is 14.4 Å². The molecule has 5 heteroatoms. The van der Waals surface area contributed by atoms with Crippen molar-refractivity contribution in [2.75, 3.05) is 4.90 Å². The minimum atomic E-state index is -1.02. The Morgan fingerprint density at radius 2 is 2.28 bits per heavy atom. The molecule has 0 saturated heterocycles. The highest BCUT2D eigenvalue weighted by Gasteiger charge is 2.31. The first-order valence-corrected chi connectivity index (χ1v) is 6.79. The maximum atomic E-state index is 10.8. The van der Waals surface area contributed by atoms with Crippen molar-refractivity contribution in [3.8, 4) is 0 Å². The molecule has 1 fully saturated rings. The van der Waals surface area contributed by atoms with E-state index < -0.39 is 5.97 Å². The zero-order chi connectivity index (χ0) is 12.5. The van der Waals surface area contributed by atoms with Crippen molar-refractivity contribution in [1.82, 2.24) is 0 Å². The third kappa shape index (κ3) is 2.26. The fourth-order valence-corrected chi connectivity index (χ4v) is 2.61. The van der Waals surface area contributed by atoms with E-state index in [0.29, 0.717) is 11.9 Å². The van der Waals surface area contributed by atoms with E-state index in [9.17, 15) is 4.79 Å². The van der Waals surface area contributed by atoms with Gasteiger partial charge in [0.15, 0.2) is 5.88 Å². The molecule has 94 valence electrons. The molecule has 2 heterocycles. The summed E-state index contributed by atoms with van der Waals surface area (Å²) >= 11 is 1.67. The van der Waals surface area contributed by atoms with Crippen LogP contribution >= 0.6 is 11.3 Å². The second-order valence-electron chi connectivity index (χ2n) is 4.43. The van der Waals surface area contributed by atoms with Crippen molar-refractivity contribution in [3.05, 3.63) is 40.3 Å². The van der Waals surface area contributed by atoms with Crippen LogP contribution in [0.4, 0.5) is 5.88 Å². The number of thiophene rings is 1. The van der Waals surface area contributed by atoms with Crippen molar-refractivity contribution in [2.45, 2.75) is 25.4 Å². The van der Waals surface area contributed by atoms with E-state index in [1.807, 2.05) is 5.38 Å². The van der Waals surface area contributed by atoms with E-state index in [2.05, 4.69) is 16.3 Å². The zero-order valence-electron chi connectivity index (χ0n) is 9.70. The fourth-order valence-electron chi connectivity index (χ4n) is 1.95. The topological polar surface area (TPSA) is 53.7 Å². The third-order valence-electron chi connectivity index (χ3n) is 3.01. The molecular weight excluding hydrogens is 250 g/mol. The van der Waals surface area contributed by atoms with Crippen LogP contribution in [0.3, 0.4) is 0 Å². The SMILES string of the molecule is O=C(O)c1ccc(N(Cc2ccsc2)C2CC2)o1. The van der Waals surface area contributed by atoms with Crippen LogP contribution in [0.1, 0.15) is 29.0 Å². The van der Waals surface area contributed by atoms with Crippen molar-refractivity contribution >= 4 is 23.2 Å². The highest BCUT2D eigenvalue weighted by Crippen LogP contribution is 2.34. The number of carbonyl (C=O) groups is 1. The second kappa shape index (κ2) is 4.49. The van der Waals surface area contributed by atoms with Gasteiger partial charge in [0.1, 0.15) is 0 Å². The minimum absolute atomic E-state index is 0.000897. The Morgan fingerprint density at radius 3 is 2.83 bits per heavy atom. The third-order valence-corrected chi connectivity index (χ3v) is 3.74. The van der Waals surface area contributed by atoms with Crippen LogP contribution in [0.5, 0.6) is 0 Å². The number of hydrogen-bond donors (Lipinski definition) is 1. The van der Waals surface area contributed by atoms with E-state index in [-0.39, 0.29) is 5.76 Å². The quantitative estimate of drug-likeness (QED) is 0.900. The van der Waals surface area contributed by atoms with Crippen LogP contribution in [0.25, 0.3) is 0 Å². The van der Waals surface area contributed by atoms with Crippen molar-refractivity contribution in [1.29, 1.82) is 0 Å². The summed E-state index contributed by atoms with van der Waals surface area (Å²) in [7, 11) is 0. The molecule has 1 saturated carbocycles. The molecule has 0 spiro atoms. The molecule has 0 aromatic carbocycles. The Balaban J connectivity index is 1.82. The van der Waals surface area contributed by atoms with Gasteiger partial charge >= 0.3 is 5.97 Å². The highest BCUT2D eigenvalue weighted by molar-refractivity contribution is 7.07. The highest BCUT2D eigenvalue weighted by atomic mass is 32.1. The van der Waals surface area contributed by atoms with Crippen molar-refractivity contribution in [2.24, 2.45) is 0 Å². The molecule has 0 bridgehead atoms. The molecule has 2 aromatic rings. The van der Waals surface area contributed by atoms with Crippen molar-refractivity contribution < 1.29 is 14.3 Å². The summed E-state index contributed by atoms with van der Waals surface area (Å²) in [5.74, 6) is -0.366. The molecule has 3 rings (SSSR count). The van der Waals surface area contributed by atoms with E-state index in [4.69, 9.17) is 9.52 Å². The molecule has 4 nitrogen and oxygen atoms in total. The average Bonchev–Trinajstić information content (AvgIpc) is 2.88. The van der Waals surface area contributed by atoms with Crippen LogP contribution < -0.4 is 4.90 Å². The summed E-state index contributed by atoms with van der Waals surface area (Å²) in [6, 6.07) is 5.83. The zero-order valence-corrected chi connectivity index (χ0v) is 10.5. The summed E-state index contributed by atoms with van der Waals surface area (Å²) in [4.78, 5) is 13.0. The molecule has 1 N–H and O–H groups in total. The number of anilines is 1. The Hall–Kier alpha value is -1.75. The Kier molecular flexibility index (Phi) is 2.83. The van der Waals surface area contributed by atoms with E-state index >= 15 is 0 Å². The summed E-state index contributed by atoms with van der Waals surface area (Å²) in [5, 5.41) is 13.0. The number of carboxylic acids is 1. The Bertz CT molecular complexity index is 542. The first-order chi connectivity index (χ1) is 8.74. The lowest BCUT2D eigenvalue weighted by Crippen LogP contribution is -2.24. The van der Waals surface area contributed by atoms with Crippen LogP contribution in [0.15, 0.2) is 33.4 Å². The first kappa shape index (κ1) is 11.3. The number of aromatic carboxylic acids is 1. The van der Waals surface area contributed by atoms with Gasteiger partial charge in [-0.2, -0.15) is 11.3 Å². The fraction of sp³-hybridized carbons (Fsp3) is 0.308. The van der Waals surface area contributed by atoms with Gasteiger partial charge in [-0.15, -0.1) is 0 Å². The van der Waals surface area contributed by atoms with Gasteiger partial charge in [0.2, 0.25) is 5.76 Å². The maximum absolute atomic E-state index is 10.8. The van der Waals surface area contributed by atoms with Gasteiger partial charge in [0.05, 0.1) is 0 Å². The summed E-state index contributed by atoms with van der Waals surface area (Å²) in [5.41, 5.74) is 1.24. The van der Waals surface area contributed by atoms with Gasteiger partial charge in [-0.1, -0.05) is 0 Å². The molecule has 0 aliphatic heterocycles. The predicted molar refractivity (Wildman–Crippen MR) is 69.2 cm³/mol. The summed E-state index contributed by atoms with van der Waals surface area (Å²) < 4.78 is 5.39. The van der Waals surface area contributed by atoms with Gasteiger partial charge in [-0.25, -0.2) is 4.79 Å². The molecule has 0 amide bonds. The number of rotatable bonds is 5. The number of hydrogen-bond acceptors (Lipinski definition) is 4. The van der Waals surface area contributed by atoms with Gasteiger partial charge in [-0.05, 0) is 41.3 Å². The number of furan rings is 1. The molecule has 0 atom stereocenters. The normalized spacial score (nSPS) is 14.7. The second-order valence-corrected chi connectivity index (χ2v) is 5.21. The van der Waals surface area contributed by atoms with Gasteiger partial charge in [0, 0.05) is 18.7 Å². The van der Waals surface area contributed by atoms with Gasteiger partial charge in [0.25, 0.3) is 0 Å². The van der Waals surface area contributed by atoms with Crippen LogP contribution in [-0.2, 0) is 6.54 Å². The smallest absolute Gasteiger partial charge is 0.371 e. The maximum Gasteiger partial charge on any atom is 0.371 e. The number of carboxylic acid groups (broad SMARTS) is 1. The lowest BCUT2D eigenvalue weighted by atomic mass is 10.3. The predicted octanol–water partition coefficient (Wildman–Crippen LogP) is 3.21. The summed E-state index contributed by atoms with van der Waals surface area (Å²) in [6.45, 7) is 0.779. The van der Waals surface area contributed by atoms with Crippen LogP contribution in [0, 0.1) is 0 Å². The molecule has 2 aromatic heterocycles. The van der Waals surface area contributed by atoms with E-state index in [1.165, 1.54) is 11.6 Å². The Labute approximate surface area is 108 Å². The monoisotopic (exact) mass is 263 g/mol. The molecular formula is C13H13NO3S. The number of nitrogens with zero attached hydrogens (tertiary/aromatic N) is 1. The standard InChI is InChI=1S/C13H13NO3S/c15-13(16)11-3-4-12(17-11)14(10-1-2-10)7-9-5-6-18-8-9/h3-6,8,10H,1-2,7H2,(H,15,16). The molecule has 18 heavy (non-hydrogen) atoms. The summed E-state index contributed by atoms with van der Waals surface area (Å²) in [6.07, 6.45) is 2.29. The largest absolute Gasteiger partial charge is 0.475 e. The molecule has 0 radical (unpaired) electrons. The molecule has 1 aliphatic carbocycles. The van der Waals surface area contributed by atoms with Crippen LogP contribution in [0.2, 0.25) is 0 Å². The van der Waals surface area contributed by atoms with E-state index in [1.54, 1.807) is 17.4 Å². The minimum Gasteiger partial charge on any atom is -0.475 e. The van der Waals surface area contributed by atoms with Crippen LogP contribution in [-0.4, -0.2) is 17.1 Å². The lowest BCUT2D eigenvalue weighted by molar-refractivity contribution is 0.0663. The Morgan fingerprint density at radius 1 is 1.44 bits per heavy atom. The average molecular weight is 263 g/mol. The van der Waals surface area contributed by atoms with E-state index in [0.717, 1.165) is 19.4 Å². The van der Waals surface area contributed by atoms with Crippen molar-refractivity contribution in [3.63, 3.8) is 0 Å². The molecule has 0 unspecified atom stereocenters. The molecule has 1 aliphatic rings. The first-order valence-electron chi connectivity index (χ1n) is 5.85. The lowest BCUT2D eigenvalue weighted by Gasteiger charge is -2.20. The van der Waals surface area contributed by atoms with Gasteiger partial charge in [-0.3, -0.25) is 0 Å².